The number of rotatable bonds is 2. The lowest BCUT2D eigenvalue weighted by Gasteiger charge is -2.05. The van der Waals surface area contributed by atoms with E-state index >= 15 is 0 Å². The van der Waals surface area contributed by atoms with Gasteiger partial charge >= 0.3 is 0 Å². The van der Waals surface area contributed by atoms with Crippen molar-refractivity contribution in [1.82, 2.24) is 4.98 Å². The fourth-order valence-electron chi connectivity index (χ4n) is 0.885. The lowest BCUT2D eigenvalue weighted by atomic mass is 10.4. The van der Waals surface area contributed by atoms with Crippen LogP contribution in [0.5, 0.6) is 5.88 Å². The van der Waals surface area contributed by atoms with Crippen molar-refractivity contribution in [3.63, 3.8) is 0 Å². The van der Waals surface area contributed by atoms with E-state index in [1.54, 1.807) is 12.3 Å². The number of nitrogen functional groups attached to an aromatic ring is 1. The summed E-state index contributed by atoms with van der Waals surface area (Å²) in [6.45, 7) is 0. The van der Waals surface area contributed by atoms with Gasteiger partial charge in [-0.15, -0.1) is 0 Å². The predicted octanol–water partition coefficient (Wildman–Crippen LogP) is 1.97. The minimum Gasteiger partial charge on any atom is -0.473 e. The van der Waals surface area contributed by atoms with E-state index in [1.807, 2.05) is 0 Å². The van der Waals surface area contributed by atoms with Crippen LogP contribution >= 0.6 is 15.9 Å². The van der Waals surface area contributed by atoms with Crippen LogP contribution in [0.1, 0.15) is 12.8 Å². The molecule has 0 atom stereocenters. The zero-order chi connectivity index (χ0) is 8.55. The highest BCUT2D eigenvalue weighted by atomic mass is 79.9. The molecule has 1 aliphatic carbocycles. The van der Waals surface area contributed by atoms with Gasteiger partial charge in [0.1, 0.15) is 6.10 Å². The Balaban J connectivity index is 2.18. The van der Waals surface area contributed by atoms with E-state index < -0.39 is 0 Å². The zero-order valence-electron chi connectivity index (χ0n) is 6.46. The van der Waals surface area contributed by atoms with Gasteiger partial charge in [0.25, 0.3) is 0 Å². The summed E-state index contributed by atoms with van der Waals surface area (Å²) < 4.78 is 6.33. The Hall–Kier alpha value is -0.770. The number of hydrogen-bond acceptors (Lipinski definition) is 3. The first kappa shape index (κ1) is 7.86. The van der Waals surface area contributed by atoms with Crippen LogP contribution in [0.4, 0.5) is 5.69 Å². The molecule has 12 heavy (non-hydrogen) atoms. The first-order chi connectivity index (χ1) is 5.75. The summed E-state index contributed by atoms with van der Waals surface area (Å²) >= 11 is 3.28. The Labute approximate surface area is 79.1 Å². The highest BCUT2D eigenvalue weighted by Gasteiger charge is 2.24. The van der Waals surface area contributed by atoms with Gasteiger partial charge in [-0.05, 0) is 34.8 Å². The minimum absolute atomic E-state index is 0.348. The molecule has 0 bridgehead atoms. The molecule has 2 N–H and O–H groups in total. The van der Waals surface area contributed by atoms with Gasteiger partial charge in [-0.3, -0.25) is 0 Å². The average Bonchev–Trinajstić information content (AvgIpc) is 2.79. The predicted molar refractivity (Wildman–Crippen MR) is 50.0 cm³/mol. The maximum atomic E-state index is 5.68. The summed E-state index contributed by atoms with van der Waals surface area (Å²) in [5, 5.41) is 0. The smallest absolute Gasteiger partial charge is 0.237 e. The van der Waals surface area contributed by atoms with Gasteiger partial charge in [0.2, 0.25) is 5.88 Å². The van der Waals surface area contributed by atoms with Crippen molar-refractivity contribution in [3.8, 4) is 5.88 Å². The molecule has 1 aromatic heterocycles. The van der Waals surface area contributed by atoms with Crippen LogP contribution in [0.2, 0.25) is 0 Å². The SMILES string of the molecule is Nc1cc(Br)cnc1OC1CC1. The number of aromatic nitrogens is 1. The maximum absolute atomic E-state index is 5.68. The summed E-state index contributed by atoms with van der Waals surface area (Å²) in [5.74, 6) is 0.556. The molecule has 4 heteroatoms. The third-order valence-corrected chi connectivity index (χ3v) is 2.08. The Kier molecular flexibility index (Phi) is 1.92. The Morgan fingerprint density at radius 3 is 2.92 bits per heavy atom. The van der Waals surface area contributed by atoms with E-state index in [0.29, 0.717) is 17.7 Å². The lowest BCUT2D eigenvalue weighted by Crippen LogP contribution is -2.01. The third-order valence-electron chi connectivity index (χ3n) is 1.65. The van der Waals surface area contributed by atoms with Gasteiger partial charge in [0.15, 0.2) is 0 Å². The van der Waals surface area contributed by atoms with Gasteiger partial charge in [-0.2, -0.15) is 0 Å². The summed E-state index contributed by atoms with van der Waals surface area (Å²) in [7, 11) is 0. The number of nitrogens with two attached hydrogens (primary N) is 1. The quantitative estimate of drug-likeness (QED) is 0.843. The molecule has 0 unspecified atom stereocenters. The van der Waals surface area contributed by atoms with Crippen LogP contribution in [0.15, 0.2) is 16.7 Å². The summed E-state index contributed by atoms with van der Waals surface area (Å²) in [4.78, 5) is 4.06. The summed E-state index contributed by atoms with van der Waals surface area (Å²) in [5.41, 5.74) is 6.27. The molecule has 1 fully saturated rings. The standard InChI is InChI=1S/C8H9BrN2O/c9-5-3-7(10)8(11-4-5)12-6-1-2-6/h3-4,6H,1-2,10H2. The number of nitrogens with zero attached hydrogens (tertiary/aromatic N) is 1. The molecule has 0 amide bonds. The molecule has 0 aromatic carbocycles. The number of pyridine rings is 1. The normalized spacial score (nSPS) is 16.1. The highest BCUT2D eigenvalue weighted by Crippen LogP contribution is 2.29. The molecule has 3 nitrogen and oxygen atoms in total. The van der Waals surface area contributed by atoms with Gasteiger partial charge in [0, 0.05) is 10.7 Å². The maximum Gasteiger partial charge on any atom is 0.237 e. The van der Waals surface area contributed by atoms with Gasteiger partial charge in [0.05, 0.1) is 5.69 Å². The van der Waals surface area contributed by atoms with Crippen LogP contribution in [-0.2, 0) is 0 Å². The number of anilines is 1. The van der Waals surface area contributed by atoms with Crippen molar-refractivity contribution in [1.29, 1.82) is 0 Å². The fourth-order valence-corrected chi connectivity index (χ4v) is 1.23. The second-order valence-electron chi connectivity index (χ2n) is 2.87. The van der Waals surface area contributed by atoms with Crippen molar-refractivity contribution >= 4 is 21.6 Å². The monoisotopic (exact) mass is 228 g/mol. The molecule has 0 saturated heterocycles. The zero-order valence-corrected chi connectivity index (χ0v) is 8.04. The van der Waals surface area contributed by atoms with Crippen molar-refractivity contribution < 1.29 is 4.74 Å². The first-order valence-corrected chi connectivity index (χ1v) is 4.62. The first-order valence-electron chi connectivity index (χ1n) is 3.83. The Bertz CT molecular complexity index is 299. The molecule has 1 saturated carbocycles. The number of ether oxygens (including phenoxy) is 1. The van der Waals surface area contributed by atoms with Crippen LogP contribution in [0.25, 0.3) is 0 Å². The molecule has 1 aliphatic rings. The molecule has 0 spiro atoms. The molecule has 64 valence electrons. The van der Waals surface area contributed by atoms with Crippen LogP contribution in [0.3, 0.4) is 0 Å². The van der Waals surface area contributed by atoms with Gasteiger partial charge in [-0.25, -0.2) is 4.98 Å². The molecule has 2 rings (SSSR count). The fraction of sp³-hybridized carbons (Fsp3) is 0.375. The number of hydrogen-bond donors (Lipinski definition) is 1. The molecule has 1 aromatic rings. The summed E-state index contributed by atoms with van der Waals surface area (Å²) in [6, 6.07) is 1.80. The molecule has 0 radical (unpaired) electrons. The van der Waals surface area contributed by atoms with Crippen LogP contribution in [0, 0.1) is 0 Å². The van der Waals surface area contributed by atoms with Crippen molar-refractivity contribution in [2.45, 2.75) is 18.9 Å². The summed E-state index contributed by atoms with van der Waals surface area (Å²) in [6.07, 6.45) is 4.28. The van der Waals surface area contributed by atoms with Crippen molar-refractivity contribution in [3.05, 3.63) is 16.7 Å². The molecular formula is C8H9BrN2O. The van der Waals surface area contributed by atoms with E-state index in [1.165, 1.54) is 0 Å². The van der Waals surface area contributed by atoms with E-state index in [4.69, 9.17) is 10.5 Å². The minimum atomic E-state index is 0.348. The van der Waals surface area contributed by atoms with E-state index in [0.717, 1.165) is 17.3 Å². The highest BCUT2D eigenvalue weighted by molar-refractivity contribution is 9.10. The number of halogens is 1. The second kappa shape index (κ2) is 2.94. The average molecular weight is 229 g/mol. The van der Waals surface area contributed by atoms with Crippen LogP contribution < -0.4 is 10.5 Å². The van der Waals surface area contributed by atoms with E-state index in [-0.39, 0.29) is 0 Å². The topological polar surface area (TPSA) is 48.1 Å². The largest absolute Gasteiger partial charge is 0.473 e. The van der Waals surface area contributed by atoms with Crippen molar-refractivity contribution in [2.75, 3.05) is 5.73 Å². The van der Waals surface area contributed by atoms with Crippen molar-refractivity contribution in [2.24, 2.45) is 0 Å². The van der Waals surface area contributed by atoms with Gasteiger partial charge in [-0.1, -0.05) is 0 Å². The molecule has 1 heterocycles. The lowest BCUT2D eigenvalue weighted by molar-refractivity contribution is 0.293. The van der Waals surface area contributed by atoms with E-state index in [9.17, 15) is 0 Å². The Morgan fingerprint density at radius 2 is 2.33 bits per heavy atom. The molecule has 0 aliphatic heterocycles. The third kappa shape index (κ3) is 1.69. The molecular weight excluding hydrogens is 220 g/mol. The van der Waals surface area contributed by atoms with Gasteiger partial charge < -0.3 is 10.5 Å². The van der Waals surface area contributed by atoms with Crippen LogP contribution in [-0.4, -0.2) is 11.1 Å². The van der Waals surface area contributed by atoms with E-state index in [2.05, 4.69) is 20.9 Å². The Morgan fingerprint density at radius 1 is 1.58 bits per heavy atom. The second-order valence-corrected chi connectivity index (χ2v) is 3.78.